The Bertz CT molecular complexity index is 158. The molecule has 0 spiro atoms. The van der Waals surface area contributed by atoms with Gasteiger partial charge in [0, 0.05) is 18.8 Å². The highest BCUT2D eigenvalue weighted by atomic mass is 35.5. The first kappa shape index (κ1) is 7.92. The monoisotopic (exact) mass is 168 g/mol. The Kier molecular flexibility index (Phi) is 1.95. The van der Waals surface area contributed by atoms with Gasteiger partial charge in [-0.2, -0.15) is 0 Å². The fourth-order valence-electron chi connectivity index (χ4n) is 1.14. The van der Waals surface area contributed by atoms with Crippen molar-refractivity contribution in [3.63, 3.8) is 0 Å². The minimum atomic E-state index is -2.66. The van der Waals surface area contributed by atoms with Crippen LogP contribution in [-0.4, -0.2) is 11.2 Å². The van der Waals surface area contributed by atoms with E-state index in [1.165, 1.54) is 0 Å². The van der Waals surface area contributed by atoms with E-state index in [0.717, 1.165) is 0 Å². The van der Waals surface area contributed by atoms with Crippen LogP contribution in [-0.2, 0) is 4.79 Å². The summed E-state index contributed by atoms with van der Waals surface area (Å²) in [7, 11) is 0. The summed E-state index contributed by atoms with van der Waals surface area (Å²) in [6.45, 7) is 0. The number of halogens is 3. The Hall–Kier alpha value is -0.180. The molecule has 4 heteroatoms. The molecule has 0 bridgehead atoms. The third kappa shape index (κ3) is 1.66. The van der Waals surface area contributed by atoms with Crippen LogP contribution in [0.5, 0.6) is 0 Å². The van der Waals surface area contributed by atoms with Gasteiger partial charge in [0.05, 0.1) is 0 Å². The molecule has 1 aliphatic carbocycles. The van der Waals surface area contributed by atoms with Crippen molar-refractivity contribution in [3.05, 3.63) is 0 Å². The molecule has 1 atom stereocenters. The lowest BCUT2D eigenvalue weighted by atomic mass is 10.1. The first-order chi connectivity index (χ1) is 4.51. The van der Waals surface area contributed by atoms with Crippen LogP contribution in [0.15, 0.2) is 0 Å². The molecule has 58 valence electrons. The highest BCUT2D eigenvalue weighted by molar-refractivity contribution is 6.64. The Morgan fingerprint density at radius 2 is 2.20 bits per heavy atom. The van der Waals surface area contributed by atoms with Gasteiger partial charge in [-0.15, -0.1) is 0 Å². The van der Waals surface area contributed by atoms with Crippen molar-refractivity contribution in [1.29, 1.82) is 0 Å². The number of rotatable bonds is 1. The first-order valence-corrected chi connectivity index (χ1v) is 3.46. The van der Waals surface area contributed by atoms with Crippen LogP contribution >= 0.6 is 11.6 Å². The Labute approximate surface area is 62.4 Å². The van der Waals surface area contributed by atoms with Gasteiger partial charge in [0.2, 0.25) is 11.2 Å². The zero-order valence-electron chi connectivity index (χ0n) is 5.24. The average Bonchev–Trinajstić information content (AvgIpc) is 2.10. The van der Waals surface area contributed by atoms with Gasteiger partial charge in [-0.3, -0.25) is 4.79 Å². The van der Waals surface area contributed by atoms with Crippen molar-refractivity contribution < 1.29 is 13.6 Å². The van der Waals surface area contributed by atoms with E-state index in [9.17, 15) is 13.6 Å². The fourth-order valence-corrected chi connectivity index (χ4v) is 1.33. The average molecular weight is 169 g/mol. The number of carbonyl (C=O) groups excluding carboxylic acids is 1. The third-order valence-corrected chi connectivity index (χ3v) is 2.03. The van der Waals surface area contributed by atoms with Gasteiger partial charge in [0.25, 0.3) is 0 Å². The molecule has 0 radical (unpaired) electrons. The molecule has 1 rings (SSSR count). The predicted molar refractivity (Wildman–Crippen MR) is 33.1 cm³/mol. The maximum Gasteiger partial charge on any atom is 0.248 e. The summed E-state index contributed by atoms with van der Waals surface area (Å²) in [6.07, 6.45) is -0.333. The maximum absolute atomic E-state index is 12.3. The lowest BCUT2D eigenvalue weighted by molar-refractivity contribution is -0.115. The molecule has 0 aromatic carbocycles. The van der Waals surface area contributed by atoms with Crippen molar-refractivity contribution in [2.75, 3.05) is 0 Å². The van der Waals surface area contributed by atoms with E-state index < -0.39 is 17.1 Å². The van der Waals surface area contributed by atoms with Crippen LogP contribution in [0.1, 0.15) is 19.3 Å². The van der Waals surface area contributed by atoms with Gasteiger partial charge in [-0.05, 0) is 18.0 Å². The van der Waals surface area contributed by atoms with Crippen molar-refractivity contribution in [3.8, 4) is 0 Å². The minimum Gasteiger partial charge on any atom is -0.281 e. The summed E-state index contributed by atoms with van der Waals surface area (Å²) >= 11 is 5.04. The maximum atomic E-state index is 12.3. The second kappa shape index (κ2) is 2.46. The Morgan fingerprint density at radius 3 is 2.40 bits per heavy atom. The number of carbonyl (C=O) groups is 1. The highest BCUT2D eigenvalue weighted by Crippen LogP contribution is 2.39. The van der Waals surface area contributed by atoms with Gasteiger partial charge in [0.1, 0.15) is 0 Å². The zero-order chi connectivity index (χ0) is 7.78. The quantitative estimate of drug-likeness (QED) is 0.549. The lowest BCUT2D eigenvalue weighted by Gasteiger charge is -2.05. The van der Waals surface area contributed by atoms with E-state index in [1.54, 1.807) is 0 Å². The largest absolute Gasteiger partial charge is 0.281 e. The molecule has 0 N–H and O–H groups in total. The van der Waals surface area contributed by atoms with Crippen molar-refractivity contribution in [2.45, 2.75) is 25.2 Å². The van der Waals surface area contributed by atoms with Crippen molar-refractivity contribution in [2.24, 2.45) is 5.92 Å². The predicted octanol–water partition coefficient (Wildman–Crippen LogP) is 2.19. The van der Waals surface area contributed by atoms with Crippen LogP contribution in [0.4, 0.5) is 8.78 Å². The fraction of sp³-hybridized carbons (Fsp3) is 0.833. The van der Waals surface area contributed by atoms with E-state index in [1.807, 2.05) is 0 Å². The molecule has 0 aromatic rings. The van der Waals surface area contributed by atoms with E-state index in [0.29, 0.717) is 0 Å². The van der Waals surface area contributed by atoms with Crippen molar-refractivity contribution >= 4 is 16.8 Å². The van der Waals surface area contributed by atoms with E-state index in [2.05, 4.69) is 0 Å². The SMILES string of the molecule is O=C(Cl)C1CCC(F)(F)C1. The van der Waals surface area contributed by atoms with Gasteiger partial charge in [0.15, 0.2) is 0 Å². The van der Waals surface area contributed by atoms with Gasteiger partial charge >= 0.3 is 0 Å². The summed E-state index contributed by atoms with van der Waals surface area (Å²) < 4.78 is 24.7. The molecule has 1 nitrogen and oxygen atoms in total. The van der Waals surface area contributed by atoms with E-state index >= 15 is 0 Å². The smallest absolute Gasteiger partial charge is 0.248 e. The third-order valence-electron chi connectivity index (χ3n) is 1.72. The summed E-state index contributed by atoms with van der Waals surface area (Å²) in [6, 6.07) is 0. The molecule has 0 aliphatic heterocycles. The Balaban J connectivity index is 2.51. The van der Waals surface area contributed by atoms with Crippen LogP contribution in [0, 0.1) is 5.92 Å². The topological polar surface area (TPSA) is 17.1 Å². The molecule has 0 aromatic heterocycles. The Morgan fingerprint density at radius 1 is 1.60 bits per heavy atom. The van der Waals surface area contributed by atoms with Crippen LogP contribution in [0.3, 0.4) is 0 Å². The van der Waals surface area contributed by atoms with Crippen LogP contribution in [0.25, 0.3) is 0 Å². The second-order valence-electron chi connectivity index (χ2n) is 2.60. The lowest BCUT2D eigenvalue weighted by Crippen LogP contribution is -2.11. The summed E-state index contributed by atoms with van der Waals surface area (Å²) in [4.78, 5) is 10.4. The molecule has 10 heavy (non-hydrogen) atoms. The van der Waals surface area contributed by atoms with Gasteiger partial charge in [-0.1, -0.05) is 0 Å². The highest BCUT2D eigenvalue weighted by Gasteiger charge is 2.41. The summed E-state index contributed by atoms with van der Waals surface area (Å²) in [5.41, 5.74) is 0. The molecular weight excluding hydrogens is 162 g/mol. The van der Waals surface area contributed by atoms with E-state index in [4.69, 9.17) is 11.6 Å². The molecule has 0 amide bonds. The number of alkyl halides is 2. The number of hydrogen-bond acceptors (Lipinski definition) is 1. The molecule has 0 saturated heterocycles. The summed E-state index contributed by atoms with van der Waals surface area (Å²) in [5, 5.41) is -0.628. The minimum absolute atomic E-state index is 0.198. The standard InChI is InChI=1S/C6H7ClF2O/c7-5(10)4-1-2-6(8,9)3-4/h4H,1-3H2. The van der Waals surface area contributed by atoms with Crippen molar-refractivity contribution in [1.82, 2.24) is 0 Å². The molecule has 1 fully saturated rings. The molecular formula is C6H7ClF2O. The van der Waals surface area contributed by atoms with Crippen LogP contribution < -0.4 is 0 Å². The van der Waals surface area contributed by atoms with Crippen LogP contribution in [0.2, 0.25) is 0 Å². The molecule has 1 saturated carbocycles. The normalized spacial score (nSPS) is 30.5. The number of hydrogen-bond donors (Lipinski definition) is 0. The molecule has 0 heterocycles. The van der Waals surface area contributed by atoms with E-state index in [-0.39, 0.29) is 19.3 Å². The second-order valence-corrected chi connectivity index (χ2v) is 2.97. The summed E-state index contributed by atoms with van der Waals surface area (Å²) in [5.74, 6) is -3.27. The molecule has 1 aliphatic rings. The van der Waals surface area contributed by atoms with Gasteiger partial charge < -0.3 is 0 Å². The molecule has 1 unspecified atom stereocenters. The zero-order valence-corrected chi connectivity index (χ0v) is 6.00. The van der Waals surface area contributed by atoms with Gasteiger partial charge in [-0.25, -0.2) is 8.78 Å². The first-order valence-electron chi connectivity index (χ1n) is 3.08.